The van der Waals surface area contributed by atoms with E-state index in [-0.39, 0.29) is 11.9 Å². The Hall–Kier alpha value is -3.34. The quantitative estimate of drug-likeness (QED) is 0.642. The van der Waals surface area contributed by atoms with Crippen LogP contribution in [0.3, 0.4) is 0 Å². The van der Waals surface area contributed by atoms with Crippen molar-refractivity contribution in [2.45, 2.75) is 6.18 Å². The molecule has 1 N–H and O–H groups in total. The van der Waals surface area contributed by atoms with Gasteiger partial charge in [0.25, 0.3) is 0 Å². The van der Waals surface area contributed by atoms with Gasteiger partial charge in [-0.05, 0) is 24.3 Å². The zero-order chi connectivity index (χ0) is 22.0. The summed E-state index contributed by atoms with van der Waals surface area (Å²) in [5, 5.41) is 6.60. The first-order valence-electron chi connectivity index (χ1n) is 9.24. The Labute approximate surface area is 179 Å². The molecule has 3 aromatic rings. The predicted molar refractivity (Wildman–Crippen MR) is 107 cm³/mol. The van der Waals surface area contributed by atoms with E-state index in [4.69, 9.17) is 11.6 Å². The number of carbonyl (C=O) groups excluding carboxylic acids is 1. The molecule has 1 fully saturated rings. The number of alkyl halides is 3. The third kappa shape index (κ3) is 4.71. The normalized spacial score (nSPS) is 14.6. The fraction of sp³-hybridized carbons (Fsp3) is 0.263. The van der Waals surface area contributed by atoms with Crippen LogP contribution < -0.4 is 10.2 Å². The lowest BCUT2D eigenvalue weighted by molar-refractivity contribution is -0.159. The fourth-order valence-electron chi connectivity index (χ4n) is 3.06. The van der Waals surface area contributed by atoms with Gasteiger partial charge in [-0.25, -0.2) is 9.78 Å². The van der Waals surface area contributed by atoms with Crippen molar-refractivity contribution >= 4 is 29.1 Å². The smallest absolute Gasteiger partial charge is 0.353 e. The van der Waals surface area contributed by atoms with E-state index in [0.29, 0.717) is 48.3 Å². The molecule has 0 radical (unpaired) electrons. The van der Waals surface area contributed by atoms with E-state index in [1.54, 1.807) is 41.3 Å². The van der Waals surface area contributed by atoms with Crippen molar-refractivity contribution < 1.29 is 22.5 Å². The summed E-state index contributed by atoms with van der Waals surface area (Å²) in [7, 11) is 0. The van der Waals surface area contributed by atoms with Gasteiger partial charge in [0.05, 0.1) is 10.7 Å². The molecule has 0 spiro atoms. The molecule has 1 aliphatic heterocycles. The van der Waals surface area contributed by atoms with Gasteiger partial charge in [0.1, 0.15) is 5.82 Å². The maximum Gasteiger partial charge on any atom is 0.471 e. The van der Waals surface area contributed by atoms with Crippen molar-refractivity contribution in [3.63, 3.8) is 0 Å². The molecule has 8 nitrogen and oxygen atoms in total. The lowest BCUT2D eigenvalue weighted by Gasteiger charge is -2.35. The number of carbonyl (C=O) groups is 1. The second kappa shape index (κ2) is 8.42. The highest BCUT2D eigenvalue weighted by atomic mass is 35.5. The van der Waals surface area contributed by atoms with E-state index in [9.17, 15) is 18.0 Å². The third-order valence-electron chi connectivity index (χ3n) is 4.68. The maximum atomic E-state index is 12.6. The molecule has 162 valence electrons. The minimum absolute atomic E-state index is 0.188. The van der Waals surface area contributed by atoms with Gasteiger partial charge in [-0.15, -0.1) is 0 Å². The van der Waals surface area contributed by atoms with E-state index in [2.05, 4.69) is 25.0 Å². The molecule has 3 heterocycles. The first-order valence-corrected chi connectivity index (χ1v) is 9.62. The number of piperazine rings is 1. The highest BCUT2D eigenvalue weighted by molar-refractivity contribution is 6.33. The zero-order valence-electron chi connectivity index (χ0n) is 15.9. The highest BCUT2D eigenvalue weighted by Crippen LogP contribution is 2.29. The molecule has 2 amide bonds. The molecule has 31 heavy (non-hydrogen) atoms. The maximum absolute atomic E-state index is 12.6. The minimum Gasteiger partial charge on any atom is -0.353 e. The number of hydrogen-bond acceptors (Lipinski definition) is 6. The fourth-order valence-corrected chi connectivity index (χ4v) is 3.24. The SMILES string of the molecule is O=C(Nc1ccccc1Cl)N1CCN(c2ccc(-c3noc(C(F)(F)F)n3)cn2)CC1. The van der Waals surface area contributed by atoms with Crippen LogP contribution in [0, 0.1) is 0 Å². The molecule has 1 saturated heterocycles. The van der Waals surface area contributed by atoms with Crippen molar-refractivity contribution in [1.82, 2.24) is 20.0 Å². The lowest BCUT2D eigenvalue weighted by atomic mass is 10.2. The van der Waals surface area contributed by atoms with Crippen LogP contribution in [0.1, 0.15) is 5.89 Å². The number of halogens is 4. The first-order chi connectivity index (χ1) is 14.8. The third-order valence-corrected chi connectivity index (χ3v) is 5.01. The monoisotopic (exact) mass is 452 g/mol. The number of benzene rings is 1. The summed E-state index contributed by atoms with van der Waals surface area (Å²) in [4.78, 5) is 23.7. The zero-order valence-corrected chi connectivity index (χ0v) is 16.7. The van der Waals surface area contributed by atoms with E-state index in [1.807, 2.05) is 4.90 Å². The van der Waals surface area contributed by atoms with E-state index in [0.717, 1.165) is 0 Å². The summed E-state index contributed by atoms with van der Waals surface area (Å²) < 4.78 is 42.0. The van der Waals surface area contributed by atoms with Crippen LogP contribution in [-0.4, -0.2) is 52.2 Å². The molecule has 12 heteroatoms. The van der Waals surface area contributed by atoms with Crippen molar-refractivity contribution in [3.8, 4) is 11.4 Å². The Bertz CT molecular complexity index is 1070. The number of pyridine rings is 1. The second-order valence-electron chi connectivity index (χ2n) is 6.71. The van der Waals surface area contributed by atoms with E-state index in [1.165, 1.54) is 6.20 Å². The van der Waals surface area contributed by atoms with Crippen molar-refractivity contribution in [2.75, 3.05) is 36.4 Å². The summed E-state index contributed by atoms with van der Waals surface area (Å²) in [6.07, 6.45) is -3.31. The number of rotatable bonds is 3. The number of urea groups is 1. The van der Waals surface area contributed by atoms with Crippen LogP contribution in [0.2, 0.25) is 5.02 Å². The molecule has 0 aliphatic carbocycles. The molecule has 0 atom stereocenters. The number of nitrogens with one attached hydrogen (secondary N) is 1. The summed E-state index contributed by atoms with van der Waals surface area (Å²) in [5.74, 6) is -0.959. The minimum atomic E-state index is -4.70. The Morgan fingerprint density at radius 2 is 1.84 bits per heavy atom. The van der Waals surface area contributed by atoms with Crippen LogP contribution in [0.5, 0.6) is 0 Å². The molecule has 1 aromatic carbocycles. The van der Waals surface area contributed by atoms with Gasteiger partial charge in [-0.3, -0.25) is 0 Å². The molecule has 1 aliphatic rings. The van der Waals surface area contributed by atoms with Crippen LogP contribution in [0.15, 0.2) is 47.1 Å². The Balaban J connectivity index is 1.35. The average molecular weight is 453 g/mol. The molecular formula is C19H16ClF3N6O2. The second-order valence-corrected chi connectivity index (χ2v) is 7.12. The van der Waals surface area contributed by atoms with Crippen molar-refractivity contribution in [1.29, 1.82) is 0 Å². The van der Waals surface area contributed by atoms with Gasteiger partial charge >= 0.3 is 18.1 Å². The number of anilines is 2. The van der Waals surface area contributed by atoms with E-state index >= 15 is 0 Å². The van der Waals surface area contributed by atoms with E-state index < -0.39 is 12.1 Å². The standard InChI is InChI=1S/C19H16ClF3N6O2/c20-13-3-1-2-4-14(13)25-18(30)29-9-7-28(8-10-29)15-6-5-12(11-24-15)16-26-17(31-27-16)19(21,22)23/h1-6,11H,7-10H2,(H,25,30). The first kappa shape index (κ1) is 20.9. The number of aromatic nitrogens is 3. The Morgan fingerprint density at radius 1 is 1.10 bits per heavy atom. The lowest BCUT2D eigenvalue weighted by Crippen LogP contribution is -2.50. The molecule has 0 saturated carbocycles. The Morgan fingerprint density at radius 3 is 2.45 bits per heavy atom. The summed E-state index contributed by atoms with van der Waals surface area (Å²) in [5.41, 5.74) is 0.852. The molecule has 2 aromatic heterocycles. The van der Waals surface area contributed by atoms with Gasteiger partial charge in [0.15, 0.2) is 0 Å². The number of nitrogens with zero attached hydrogens (tertiary/aromatic N) is 5. The summed E-state index contributed by atoms with van der Waals surface area (Å²) >= 11 is 6.07. The molecule has 4 rings (SSSR count). The molecule has 0 unspecified atom stereocenters. The average Bonchev–Trinajstić information content (AvgIpc) is 3.27. The molecule has 0 bridgehead atoms. The highest BCUT2D eigenvalue weighted by Gasteiger charge is 2.38. The van der Waals surface area contributed by atoms with Crippen molar-refractivity contribution in [3.05, 3.63) is 53.5 Å². The molecular weight excluding hydrogens is 437 g/mol. The Kier molecular flexibility index (Phi) is 5.68. The van der Waals surface area contributed by atoms with Gasteiger partial charge < -0.3 is 19.6 Å². The van der Waals surface area contributed by atoms with Gasteiger partial charge in [-0.1, -0.05) is 28.9 Å². The number of hydrogen-bond donors (Lipinski definition) is 1. The summed E-state index contributed by atoms with van der Waals surface area (Å²) in [6.45, 7) is 2.03. The van der Waals surface area contributed by atoms with Gasteiger partial charge in [-0.2, -0.15) is 18.2 Å². The predicted octanol–water partition coefficient (Wildman–Crippen LogP) is 4.16. The van der Waals surface area contributed by atoms with Crippen LogP contribution >= 0.6 is 11.6 Å². The summed E-state index contributed by atoms with van der Waals surface area (Å²) in [6, 6.07) is 9.98. The van der Waals surface area contributed by atoms with Crippen LogP contribution in [0.4, 0.5) is 29.5 Å². The van der Waals surface area contributed by atoms with Crippen LogP contribution in [0.25, 0.3) is 11.4 Å². The largest absolute Gasteiger partial charge is 0.471 e. The van der Waals surface area contributed by atoms with Crippen LogP contribution in [-0.2, 0) is 6.18 Å². The van der Waals surface area contributed by atoms with Gasteiger partial charge in [0, 0.05) is 37.9 Å². The van der Waals surface area contributed by atoms with Crippen molar-refractivity contribution in [2.24, 2.45) is 0 Å². The number of para-hydroxylation sites is 1. The number of amides is 2. The van der Waals surface area contributed by atoms with Gasteiger partial charge in [0.2, 0.25) is 5.82 Å². The topological polar surface area (TPSA) is 87.4 Å².